The lowest BCUT2D eigenvalue weighted by atomic mass is 10.1. The van der Waals surface area contributed by atoms with Crippen molar-refractivity contribution in [2.24, 2.45) is 0 Å². The van der Waals surface area contributed by atoms with Crippen LogP contribution in [0, 0.1) is 6.92 Å². The number of para-hydroxylation sites is 1. The summed E-state index contributed by atoms with van der Waals surface area (Å²) < 4.78 is 0. The lowest BCUT2D eigenvalue weighted by molar-refractivity contribution is -0.120. The van der Waals surface area contributed by atoms with Crippen molar-refractivity contribution in [2.45, 2.75) is 20.3 Å². The Balaban J connectivity index is 1.37. The highest BCUT2D eigenvalue weighted by Gasteiger charge is 2.13. The molecule has 4 aromatic rings. The van der Waals surface area contributed by atoms with Gasteiger partial charge in [0.15, 0.2) is 5.82 Å². The van der Waals surface area contributed by atoms with Crippen LogP contribution < -0.4 is 21.3 Å². The lowest BCUT2D eigenvalue weighted by Gasteiger charge is -2.16. The standard InChI is InChI=1S/C27H31N7O2/c1-18-25(30-14-12-28-19(2)35)33-27(20-8-4-3-5-9-20)34-26(18)31-15-13-29-24(36)16-21-17-32-23-11-7-6-10-22(21)23/h3-11,17,32H,12-16H2,1-2H3,(H,28,35)(H,29,36)(H2,30,31,33,34). The zero-order chi connectivity index (χ0) is 25.3. The maximum absolute atomic E-state index is 12.5. The Kier molecular flexibility index (Phi) is 8.12. The van der Waals surface area contributed by atoms with Gasteiger partial charge in [-0.05, 0) is 18.6 Å². The largest absolute Gasteiger partial charge is 0.368 e. The summed E-state index contributed by atoms with van der Waals surface area (Å²) in [7, 11) is 0. The van der Waals surface area contributed by atoms with Crippen molar-refractivity contribution in [1.82, 2.24) is 25.6 Å². The third kappa shape index (κ3) is 6.38. The van der Waals surface area contributed by atoms with Crippen LogP contribution in [0.3, 0.4) is 0 Å². The summed E-state index contributed by atoms with van der Waals surface area (Å²) in [6, 6.07) is 17.7. The van der Waals surface area contributed by atoms with Crippen LogP contribution in [0.2, 0.25) is 0 Å². The number of hydrogen-bond acceptors (Lipinski definition) is 6. The Morgan fingerprint density at radius 1 is 0.833 bits per heavy atom. The van der Waals surface area contributed by atoms with E-state index in [9.17, 15) is 9.59 Å². The average molecular weight is 486 g/mol. The Morgan fingerprint density at radius 3 is 2.17 bits per heavy atom. The average Bonchev–Trinajstić information content (AvgIpc) is 3.29. The minimum atomic E-state index is -0.0738. The second-order valence-electron chi connectivity index (χ2n) is 8.46. The zero-order valence-electron chi connectivity index (χ0n) is 20.5. The molecule has 186 valence electrons. The number of carbonyl (C=O) groups is 2. The highest BCUT2D eigenvalue weighted by atomic mass is 16.2. The number of H-pyrrole nitrogens is 1. The molecule has 0 aliphatic rings. The van der Waals surface area contributed by atoms with E-state index < -0.39 is 0 Å². The Bertz CT molecular complexity index is 1330. The van der Waals surface area contributed by atoms with Crippen LogP contribution in [0.4, 0.5) is 11.6 Å². The maximum Gasteiger partial charge on any atom is 0.224 e. The number of nitrogens with zero attached hydrogens (tertiary/aromatic N) is 2. The molecule has 0 bridgehead atoms. The summed E-state index contributed by atoms with van der Waals surface area (Å²) in [5.74, 6) is 1.87. The van der Waals surface area contributed by atoms with Crippen molar-refractivity contribution >= 4 is 34.4 Å². The number of amides is 2. The summed E-state index contributed by atoms with van der Waals surface area (Å²) in [6.07, 6.45) is 2.20. The molecule has 0 unspecified atom stereocenters. The van der Waals surface area contributed by atoms with Crippen LogP contribution in [0.25, 0.3) is 22.3 Å². The molecule has 0 saturated heterocycles. The molecule has 0 fully saturated rings. The molecule has 2 amide bonds. The molecule has 0 atom stereocenters. The lowest BCUT2D eigenvalue weighted by Crippen LogP contribution is -2.30. The van der Waals surface area contributed by atoms with Crippen LogP contribution in [-0.4, -0.2) is 52.9 Å². The van der Waals surface area contributed by atoms with Gasteiger partial charge in [-0.3, -0.25) is 9.59 Å². The van der Waals surface area contributed by atoms with Gasteiger partial charge in [0.05, 0.1) is 6.42 Å². The van der Waals surface area contributed by atoms with E-state index in [0.29, 0.717) is 50.1 Å². The monoisotopic (exact) mass is 485 g/mol. The summed E-state index contributed by atoms with van der Waals surface area (Å²) in [5, 5.41) is 13.4. The van der Waals surface area contributed by atoms with Gasteiger partial charge < -0.3 is 26.3 Å². The van der Waals surface area contributed by atoms with Crippen LogP contribution in [0.15, 0.2) is 60.8 Å². The third-order valence-corrected chi connectivity index (χ3v) is 5.73. The normalized spacial score (nSPS) is 10.7. The first-order valence-electron chi connectivity index (χ1n) is 12.0. The van der Waals surface area contributed by atoms with E-state index in [1.165, 1.54) is 6.92 Å². The van der Waals surface area contributed by atoms with Gasteiger partial charge in [0, 0.05) is 61.3 Å². The molecule has 0 spiro atoms. The van der Waals surface area contributed by atoms with Crippen LogP contribution >= 0.6 is 0 Å². The molecule has 9 heteroatoms. The SMILES string of the molecule is CC(=O)NCCNc1nc(-c2ccccc2)nc(NCCNC(=O)Cc2c[nH]c3ccccc23)c1C. The van der Waals surface area contributed by atoms with E-state index >= 15 is 0 Å². The first-order chi connectivity index (χ1) is 17.5. The fourth-order valence-electron chi connectivity index (χ4n) is 3.89. The van der Waals surface area contributed by atoms with E-state index in [1.807, 2.05) is 67.7 Å². The fraction of sp³-hybridized carbons (Fsp3) is 0.259. The second-order valence-corrected chi connectivity index (χ2v) is 8.46. The van der Waals surface area contributed by atoms with Gasteiger partial charge in [-0.25, -0.2) is 9.97 Å². The molecule has 0 aliphatic heterocycles. The van der Waals surface area contributed by atoms with Gasteiger partial charge in [-0.15, -0.1) is 0 Å². The van der Waals surface area contributed by atoms with Crippen molar-refractivity contribution < 1.29 is 9.59 Å². The van der Waals surface area contributed by atoms with Crippen LogP contribution in [-0.2, 0) is 16.0 Å². The van der Waals surface area contributed by atoms with Gasteiger partial charge >= 0.3 is 0 Å². The quantitative estimate of drug-likeness (QED) is 0.208. The predicted molar refractivity (Wildman–Crippen MR) is 143 cm³/mol. The summed E-state index contributed by atoms with van der Waals surface area (Å²) in [6.45, 7) is 5.42. The molecule has 2 aromatic heterocycles. The summed E-state index contributed by atoms with van der Waals surface area (Å²) in [4.78, 5) is 36.3. The van der Waals surface area contributed by atoms with E-state index in [-0.39, 0.29) is 11.8 Å². The topological polar surface area (TPSA) is 124 Å². The van der Waals surface area contributed by atoms with E-state index in [0.717, 1.165) is 27.6 Å². The third-order valence-electron chi connectivity index (χ3n) is 5.73. The second kappa shape index (κ2) is 11.8. The molecule has 9 nitrogen and oxygen atoms in total. The van der Waals surface area contributed by atoms with Crippen molar-refractivity contribution in [3.05, 3.63) is 71.9 Å². The number of aromatic amines is 1. The van der Waals surface area contributed by atoms with E-state index in [1.54, 1.807) is 0 Å². The highest BCUT2D eigenvalue weighted by molar-refractivity contribution is 5.88. The Labute approximate surface area is 210 Å². The van der Waals surface area contributed by atoms with Gasteiger partial charge in [-0.1, -0.05) is 48.5 Å². The molecule has 2 aromatic carbocycles. The molecule has 0 saturated carbocycles. The first-order valence-corrected chi connectivity index (χ1v) is 12.0. The maximum atomic E-state index is 12.5. The van der Waals surface area contributed by atoms with E-state index in [4.69, 9.17) is 9.97 Å². The number of aromatic nitrogens is 3. The fourth-order valence-corrected chi connectivity index (χ4v) is 3.89. The number of rotatable bonds is 11. The Hall–Kier alpha value is -4.40. The Morgan fingerprint density at radius 2 is 1.47 bits per heavy atom. The zero-order valence-corrected chi connectivity index (χ0v) is 20.5. The van der Waals surface area contributed by atoms with Crippen molar-refractivity contribution in [1.29, 1.82) is 0 Å². The number of nitrogens with one attached hydrogen (secondary N) is 5. The molecule has 5 N–H and O–H groups in total. The molecular weight excluding hydrogens is 454 g/mol. The summed E-state index contributed by atoms with van der Waals surface area (Å²) >= 11 is 0. The number of anilines is 2. The van der Waals surface area contributed by atoms with Gasteiger partial charge in [0.25, 0.3) is 0 Å². The highest BCUT2D eigenvalue weighted by Crippen LogP contribution is 2.25. The molecular formula is C27H31N7O2. The smallest absolute Gasteiger partial charge is 0.224 e. The van der Waals surface area contributed by atoms with E-state index in [2.05, 4.69) is 26.3 Å². The minimum absolute atomic E-state index is 0.0359. The van der Waals surface area contributed by atoms with Crippen LogP contribution in [0.5, 0.6) is 0 Å². The first kappa shape index (κ1) is 24.7. The molecule has 2 heterocycles. The number of carbonyl (C=O) groups excluding carboxylic acids is 2. The van der Waals surface area contributed by atoms with Gasteiger partial charge in [0.2, 0.25) is 11.8 Å². The molecule has 0 radical (unpaired) electrons. The molecule has 0 aliphatic carbocycles. The van der Waals surface area contributed by atoms with Gasteiger partial charge in [0.1, 0.15) is 11.6 Å². The number of hydrogen-bond donors (Lipinski definition) is 5. The van der Waals surface area contributed by atoms with Crippen molar-refractivity contribution in [3.63, 3.8) is 0 Å². The summed E-state index contributed by atoms with van der Waals surface area (Å²) in [5.41, 5.74) is 3.77. The molecule has 36 heavy (non-hydrogen) atoms. The predicted octanol–water partition coefficient (Wildman–Crippen LogP) is 3.25. The number of fused-ring (bicyclic) bond motifs is 1. The van der Waals surface area contributed by atoms with Gasteiger partial charge in [-0.2, -0.15) is 0 Å². The van der Waals surface area contributed by atoms with Crippen molar-refractivity contribution in [2.75, 3.05) is 36.8 Å². The van der Waals surface area contributed by atoms with Crippen molar-refractivity contribution in [3.8, 4) is 11.4 Å². The number of benzene rings is 2. The minimum Gasteiger partial charge on any atom is -0.368 e. The molecule has 4 rings (SSSR count). The van der Waals surface area contributed by atoms with Crippen LogP contribution in [0.1, 0.15) is 18.1 Å².